The van der Waals surface area contributed by atoms with E-state index in [1.54, 1.807) is 30.6 Å². The van der Waals surface area contributed by atoms with Crippen LogP contribution in [0.15, 0.2) is 73.1 Å². The van der Waals surface area contributed by atoms with Crippen LogP contribution in [0.1, 0.15) is 11.4 Å². The molecule has 10 nitrogen and oxygen atoms in total. The van der Waals surface area contributed by atoms with Crippen LogP contribution >= 0.6 is 0 Å². The fourth-order valence-electron chi connectivity index (χ4n) is 3.29. The second kappa shape index (κ2) is 10.8. The topological polar surface area (TPSA) is 142 Å². The Morgan fingerprint density at radius 1 is 0.714 bits per heavy atom. The van der Waals surface area contributed by atoms with Gasteiger partial charge >= 0.3 is 0 Å². The Morgan fingerprint density at radius 2 is 1.20 bits per heavy atom. The highest BCUT2D eigenvalue weighted by Crippen LogP contribution is 2.30. The number of non-ortho nitro benzene ring substituents is 2. The first kappa shape index (κ1) is 24.8. The lowest BCUT2D eigenvalue weighted by atomic mass is 10.1. The van der Waals surface area contributed by atoms with E-state index in [9.17, 15) is 25.3 Å². The monoisotopic (exact) mass is 474 g/mol. The summed E-state index contributed by atoms with van der Waals surface area (Å²) >= 11 is 0. The van der Waals surface area contributed by atoms with Crippen molar-refractivity contribution in [1.29, 1.82) is 0 Å². The maximum atomic E-state index is 10.9. The zero-order chi connectivity index (χ0) is 25.5. The van der Waals surface area contributed by atoms with E-state index in [0.29, 0.717) is 11.3 Å². The number of pyridine rings is 2. The van der Waals surface area contributed by atoms with E-state index >= 15 is 0 Å². The van der Waals surface area contributed by atoms with E-state index < -0.39 is 9.85 Å². The van der Waals surface area contributed by atoms with Crippen LogP contribution in [0, 0.1) is 34.1 Å². The number of rotatable bonds is 5. The first-order valence-corrected chi connectivity index (χ1v) is 10.3. The molecule has 178 valence electrons. The van der Waals surface area contributed by atoms with Gasteiger partial charge in [-0.2, -0.15) is 0 Å². The second-order valence-corrected chi connectivity index (χ2v) is 7.54. The summed E-state index contributed by atoms with van der Waals surface area (Å²) in [5.74, 6) is 0.345. The summed E-state index contributed by atoms with van der Waals surface area (Å²) < 4.78 is 5.08. The van der Waals surface area contributed by atoms with Crippen molar-refractivity contribution >= 4 is 11.4 Å². The molecular weight excluding hydrogens is 452 g/mol. The first-order valence-electron chi connectivity index (χ1n) is 10.3. The van der Waals surface area contributed by atoms with E-state index in [1.807, 2.05) is 26.0 Å². The number of phenols is 1. The summed E-state index contributed by atoms with van der Waals surface area (Å²) in [6.07, 6.45) is 3.30. The Balaban J connectivity index is 0.000000196. The fourth-order valence-corrected chi connectivity index (χ4v) is 3.29. The van der Waals surface area contributed by atoms with Crippen LogP contribution in [0.25, 0.3) is 22.3 Å². The number of methoxy groups -OCH3 is 1. The number of hydrogen-bond acceptors (Lipinski definition) is 8. The molecule has 35 heavy (non-hydrogen) atoms. The van der Waals surface area contributed by atoms with Crippen molar-refractivity contribution < 1.29 is 19.7 Å². The lowest BCUT2D eigenvalue weighted by Gasteiger charge is -2.06. The van der Waals surface area contributed by atoms with Crippen LogP contribution in [0.5, 0.6) is 11.5 Å². The van der Waals surface area contributed by atoms with Gasteiger partial charge in [-0.3, -0.25) is 30.2 Å². The minimum atomic E-state index is -0.530. The number of aromatic hydroxyl groups is 1. The van der Waals surface area contributed by atoms with Gasteiger partial charge in [0.2, 0.25) is 0 Å². The van der Waals surface area contributed by atoms with Crippen molar-refractivity contribution in [2.24, 2.45) is 0 Å². The third-order valence-electron chi connectivity index (χ3n) is 4.91. The van der Waals surface area contributed by atoms with Gasteiger partial charge in [0.25, 0.3) is 11.4 Å². The standard InChI is InChI=1S/C13H12N2O3.C12H10N2O3/c1-9-5-10(3-4-14-9)11-6-12(15(16)17)8-13(7-11)18-2;1-8-4-9(2-3-13-8)10-5-11(14(16)17)7-12(15)6-10/h3-8H,1-2H3;2-7,15H,1H3. The molecule has 2 aromatic carbocycles. The summed E-state index contributed by atoms with van der Waals surface area (Å²) in [4.78, 5) is 28.7. The van der Waals surface area contributed by atoms with Crippen LogP contribution < -0.4 is 4.74 Å². The van der Waals surface area contributed by atoms with Crippen molar-refractivity contribution in [3.63, 3.8) is 0 Å². The molecule has 10 heteroatoms. The van der Waals surface area contributed by atoms with Crippen LogP contribution in [0.3, 0.4) is 0 Å². The summed E-state index contributed by atoms with van der Waals surface area (Å²) in [5, 5.41) is 31.0. The molecule has 0 unspecified atom stereocenters. The predicted octanol–water partition coefficient (Wildman–Crippen LogP) is 5.64. The van der Waals surface area contributed by atoms with Crippen molar-refractivity contribution in [3.05, 3.63) is 105 Å². The number of aromatic nitrogens is 2. The summed E-state index contributed by atoms with van der Waals surface area (Å²) in [6.45, 7) is 3.71. The molecule has 0 saturated heterocycles. The number of benzene rings is 2. The molecule has 0 atom stereocenters. The Morgan fingerprint density at radius 3 is 1.66 bits per heavy atom. The number of phenolic OH excluding ortho intramolecular Hbond substituents is 1. The molecule has 4 rings (SSSR count). The van der Waals surface area contributed by atoms with E-state index in [-0.39, 0.29) is 17.1 Å². The normalized spacial score (nSPS) is 10.1. The largest absolute Gasteiger partial charge is 0.508 e. The first-order chi connectivity index (χ1) is 16.7. The molecular formula is C25H22N4O6. The van der Waals surface area contributed by atoms with Crippen molar-refractivity contribution in [2.75, 3.05) is 7.11 Å². The highest BCUT2D eigenvalue weighted by Gasteiger charge is 2.12. The van der Waals surface area contributed by atoms with Gasteiger partial charge in [-0.05, 0) is 72.5 Å². The van der Waals surface area contributed by atoms with Gasteiger partial charge in [0.15, 0.2) is 0 Å². The SMILES string of the molecule is COc1cc(-c2ccnc(C)c2)cc([N+](=O)[O-])c1.Cc1cc(-c2cc(O)cc([N+](=O)[O-])c2)ccn1. The quantitative estimate of drug-likeness (QED) is 0.289. The average molecular weight is 474 g/mol. The molecule has 0 aliphatic carbocycles. The van der Waals surface area contributed by atoms with Gasteiger partial charge in [-0.25, -0.2) is 0 Å². The van der Waals surface area contributed by atoms with Crippen LogP contribution in [-0.2, 0) is 0 Å². The summed E-state index contributed by atoms with van der Waals surface area (Å²) in [5.41, 5.74) is 4.56. The number of hydrogen-bond donors (Lipinski definition) is 1. The number of nitro groups is 2. The van der Waals surface area contributed by atoms with E-state index in [4.69, 9.17) is 4.74 Å². The molecule has 4 aromatic rings. The minimum Gasteiger partial charge on any atom is -0.508 e. The second-order valence-electron chi connectivity index (χ2n) is 7.54. The molecule has 2 aromatic heterocycles. The number of ether oxygens (including phenoxy) is 1. The van der Waals surface area contributed by atoms with Crippen molar-refractivity contribution in [1.82, 2.24) is 9.97 Å². The third kappa shape index (κ3) is 6.57. The predicted molar refractivity (Wildman–Crippen MR) is 130 cm³/mol. The minimum absolute atomic E-state index is 0.0128. The lowest BCUT2D eigenvalue weighted by molar-refractivity contribution is -0.385. The van der Waals surface area contributed by atoms with E-state index in [2.05, 4.69) is 9.97 Å². The lowest BCUT2D eigenvalue weighted by Crippen LogP contribution is -1.92. The zero-order valence-electron chi connectivity index (χ0n) is 19.2. The summed E-state index contributed by atoms with van der Waals surface area (Å²) in [6, 6.07) is 16.0. The molecule has 0 amide bonds. The number of aryl methyl sites for hydroxylation is 2. The molecule has 0 aliphatic heterocycles. The molecule has 0 radical (unpaired) electrons. The molecule has 0 saturated carbocycles. The fraction of sp³-hybridized carbons (Fsp3) is 0.120. The molecule has 2 heterocycles. The van der Waals surface area contributed by atoms with Crippen LogP contribution in [-0.4, -0.2) is 32.0 Å². The van der Waals surface area contributed by atoms with Gasteiger partial charge in [0.1, 0.15) is 11.5 Å². The maximum Gasteiger partial charge on any atom is 0.273 e. The molecule has 0 aliphatic rings. The summed E-state index contributed by atoms with van der Waals surface area (Å²) in [7, 11) is 1.49. The maximum absolute atomic E-state index is 10.9. The van der Waals surface area contributed by atoms with Crippen molar-refractivity contribution in [2.45, 2.75) is 13.8 Å². The van der Waals surface area contributed by atoms with E-state index in [0.717, 1.165) is 34.1 Å². The smallest absolute Gasteiger partial charge is 0.273 e. The molecule has 0 bridgehead atoms. The van der Waals surface area contributed by atoms with Crippen LogP contribution in [0.4, 0.5) is 11.4 Å². The van der Waals surface area contributed by atoms with Gasteiger partial charge in [0.05, 0.1) is 29.1 Å². The molecule has 0 spiro atoms. The highest BCUT2D eigenvalue weighted by atomic mass is 16.6. The van der Waals surface area contributed by atoms with Crippen molar-refractivity contribution in [3.8, 4) is 33.8 Å². The van der Waals surface area contributed by atoms with Gasteiger partial charge in [-0.15, -0.1) is 0 Å². The number of nitrogens with zero attached hydrogens (tertiary/aromatic N) is 4. The molecule has 0 fully saturated rings. The Bertz CT molecular complexity index is 1390. The highest BCUT2D eigenvalue weighted by molar-refractivity contribution is 5.69. The van der Waals surface area contributed by atoms with Crippen LogP contribution in [0.2, 0.25) is 0 Å². The van der Waals surface area contributed by atoms with E-state index in [1.165, 1.54) is 31.4 Å². The molecule has 1 N–H and O–H groups in total. The Kier molecular flexibility index (Phi) is 7.67. The van der Waals surface area contributed by atoms with Gasteiger partial charge < -0.3 is 9.84 Å². The Hall–Kier alpha value is -4.86. The number of nitro benzene ring substituents is 2. The van der Waals surface area contributed by atoms with Gasteiger partial charge in [0, 0.05) is 35.9 Å². The average Bonchev–Trinajstić information content (AvgIpc) is 2.83. The van der Waals surface area contributed by atoms with Gasteiger partial charge in [-0.1, -0.05) is 0 Å². The Labute approximate surface area is 200 Å². The third-order valence-corrected chi connectivity index (χ3v) is 4.91. The zero-order valence-corrected chi connectivity index (χ0v) is 19.2.